The lowest BCUT2D eigenvalue weighted by Gasteiger charge is -2.17. The van der Waals surface area contributed by atoms with Crippen LogP contribution in [0.5, 0.6) is 0 Å². The van der Waals surface area contributed by atoms with E-state index in [1.165, 1.54) is 31.7 Å². The van der Waals surface area contributed by atoms with Crippen LogP contribution in [0.2, 0.25) is 5.02 Å². The Morgan fingerprint density at radius 1 is 1.38 bits per heavy atom. The van der Waals surface area contributed by atoms with E-state index in [-0.39, 0.29) is 5.02 Å². The summed E-state index contributed by atoms with van der Waals surface area (Å²) in [6, 6.07) is 3.12. The summed E-state index contributed by atoms with van der Waals surface area (Å²) >= 11 is 11.8. The first kappa shape index (κ1) is 15.1. The molecule has 0 amide bonds. The van der Waals surface area contributed by atoms with Gasteiger partial charge in [-0.1, -0.05) is 24.9 Å². The highest BCUT2D eigenvalue weighted by Crippen LogP contribution is 2.51. The van der Waals surface area contributed by atoms with Crippen molar-refractivity contribution in [1.82, 2.24) is 9.55 Å². The van der Waals surface area contributed by atoms with Crippen molar-refractivity contribution in [3.63, 3.8) is 0 Å². The van der Waals surface area contributed by atoms with E-state index in [9.17, 15) is 4.39 Å². The van der Waals surface area contributed by atoms with Gasteiger partial charge in [-0.05, 0) is 30.7 Å². The molecule has 0 N–H and O–H groups in total. The van der Waals surface area contributed by atoms with Crippen LogP contribution in [-0.4, -0.2) is 15.4 Å². The molecule has 5 heteroatoms. The van der Waals surface area contributed by atoms with Crippen LogP contribution in [-0.2, 0) is 13.0 Å². The standard InChI is InChI=1S/C16H19Cl2FN2/c1-2-4-16(5-6-16)10-21-14-8-11(18)12(19)9-13(14)20-15(21)3-7-17/h8-9H,2-7,10H2,1H3. The molecule has 1 fully saturated rings. The quantitative estimate of drug-likeness (QED) is 0.667. The first-order valence-electron chi connectivity index (χ1n) is 7.49. The Kier molecular flexibility index (Phi) is 4.15. The van der Waals surface area contributed by atoms with Crippen molar-refractivity contribution in [1.29, 1.82) is 0 Å². The van der Waals surface area contributed by atoms with E-state index in [0.29, 0.717) is 23.2 Å². The largest absolute Gasteiger partial charge is 0.327 e. The third-order valence-electron chi connectivity index (χ3n) is 4.42. The highest BCUT2D eigenvalue weighted by Gasteiger charge is 2.42. The molecule has 1 heterocycles. The fourth-order valence-corrected chi connectivity index (χ4v) is 3.48. The molecule has 1 aromatic carbocycles. The number of alkyl halides is 1. The van der Waals surface area contributed by atoms with E-state index in [1.807, 2.05) is 0 Å². The normalized spacial score (nSPS) is 16.6. The van der Waals surface area contributed by atoms with Gasteiger partial charge in [0.15, 0.2) is 0 Å². The van der Waals surface area contributed by atoms with Gasteiger partial charge in [-0.15, -0.1) is 11.6 Å². The van der Waals surface area contributed by atoms with Crippen molar-refractivity contribution in [3.05, 3.63) is 28.8 Å². The van der Waals surface area contributed by atoms with Gasteiger partial charge >= 0.3 is 0 Å². The smallest absolute Gasteiger partial charge is 0.144 e. The second-order valence-corrected chi connectivity index (χ2v) is 6.84. The van der Waals surface area contributed by atoms with Crippen LogP contribution >= 0.6 is 23.2 Å². The molecule has 0 bridgehead atoms. The summed E-state index contributed by atoms with van der Waals surface area (Å²) < 4.78 is 15.8. The SMILES string of the molecule is CCCC1(Cn2c(CCCl)nc3cc(F)c(Cl)cc32)CC1. The van der Waals surface area contributed by atoms with Crippen LogP contribution < -0.4 is 0 Å². The van der Waals surface area contributed by atoms with Crippen molar-refractivity contribution in [3.8, 4) is 0 Å². The molecule has 1 aliphatic rings. The summed E-state index contributed by atoms with van der Waals surface area (Å²) in [4.78, 5) is 4.56. The molecule has 21 heavy (non-hydrogen) atoms. The summed E-state index contributed by atoms with van der Waals surface area (Å²) in [6.45, 7) is 3.16. The first-order valence-corrected chi connectivity index (χ1v) is 8.40. The van der Waals surface area contributed by atoms with Gasteiger partial charge in [0.2, 0.25) is 0 Å². The third-order valence-corrected chi connectivity index (χ3v) is 4.90. The number of fused-ring (bicyclic) bond motifs is 1. The number of aromatic nitrogens is 2. The van der Waals surface area contributed by atoms with E-state index >= 15 is 0 Å². The van der Waals surface area contributed by atoms with Crippen LogP contribution in [0.15, 0.2) is 12.1 Å². The zero-order valence-electron chi connectivity index (χ0n) is 12.1. The summed E-state index contributed by atoms with van der Waals surface area (Å²) in [5.41, 5.74) is 1.98. The lowest BCUT2D eigenvalue weighted by molar-refractivity contribution is 0.387. The van der Waals surface area contributed by atoms with E-state index in [2.05, 4.69) is 16.5 Å². The fraction of sp³-hybridized carbons (Fsp3) is 0.562. The molecule has 0 radical (unpaired) electrons. The Bertz CT molecular complexity index is 662. The van der Waals surface area contributed by atoms with Crippen LogP contribution in [0.4, 0.5) is 4.39 Å². The van der Waals surface area contributed by atoms with Gasteiger partial charge in [-0.25, -0.2) is 9.37 Å². The second-order valence-electron chi connectivity index (χ2n) is 6.06. The number of halogens is 3. The van der Waals surface area contributed by atoms with Crippen molar-refractivity contribution in [2.45, 2.75) is 45.6 Å². The minimum Gasteiger partial charge on any atom is -0.327 e. The molecule has 0 saturated heterocycles. The van der Waals surface area contributed by atoms with Gasteiger partial charge in [-0.3, -0.25) is 0 Å². The lowest BCUT2D eigenvalue weighted by atomic mass is 10.0. The molecular formula is C16H19Cl2FN2. The highest BCUT2D eigenvalue weighted by atomic mass is 35.5. The van der Waals surface area contributed by atoms with E-state index in [0.717, 1.165) is 17.9 Å². The third kappa shape index (κ3) is 2.91. The molecule has 2 nitrogen and oxygen atoms in total. The van der Waals surface area contributed by atoms with Gasteiger partial charge in [0.05, 0.1) is 16.1 Å². The van der Waals surface area contributed by atoms with Gasteiger partial charge in [0.25, 0.3) is 0 Å². The van der Waals surface area contributed by atoms with Crippen LogP contribution in [0, 0.1) is 11.2 Å². The van der Waals surface area contributed by atoms with Crippen molar-refractivity contribution in [2.75, 3.05) is 5.88 Å². The van der Waals surface area contributed by atoms with Gasteiger partial charge in [0.1, 0.15) is 11.6 Å². The average molecular weight is 329 g/mol. The minimum absolute atomic E-state index is 0.154. The molecule has 114 valence electrons. The van der Waals surface area contributed by atoms with E-state index < -0.39 is 5.82 Å². The first-order chi connectivity index (χ1) is 10.1. The fourth-order valence-electron chi connectivity index (χ4n) is 3.15. The maximum Gasteiger partial charge on any atom is 0.144 e. The van der Waals surface area contributed by atoms with Crippen LogP contribution in [0.3, 0.4) is 0 Å². The molecule has 0 spiro atoms. The van der Waals surface area contributed by atoms with Crippen molar-refractivity contribution < 1.29 is 4.39 Å². The number of hydrogen-bond acceptors (Lipinski definition) is 1. The predicted molar refractivity (Wildman–Crippen MR) is 85.7 cm³/mol. The van der Waals surface area contributed by atoms with Gasteiger partial charge in [0, 0.05) is 24.9 Å². The summed E-state index contributed by atoms with van der Waals surface area (Å²) in [5, 5.41) is 0.154. The molecular weight excluding hydrogens is 310 g/mol. The molecule has 1 saturated carbocycles. The molecule has 2 aromatic rings. The summed E-state index contributed by atoms with van der Waals surface area (Å²) in [5.74, 6) is 1.03. The molecule has 0 atom stereocenters. The maximum absolute atomic E-state index is 13.6. The van der Waals surface area contributed by atoms with Gasteiger partial charge < -0.3 is 4.57 Å². The number of hydrogen-bond donors (Lipinski definition) is 0. The maximum atomic E-state index is 13.6. The molecule has 1 aliphatic carbocycles. The zero-order chi connectivity index (χ0) is 15.0. The monoisotopic (exact) mass is 328 g/mol. The topological polar surface area (TPSA) is 17.8 Å². The van der Waals surface area contributed by atoms with Crippen LogP contribution in [0.25, 0.3) is 11.0 Å². The Balaban J connectivity index is 2.05. The minimum atomic E-state index is -0.416. The number of rotatable bonds is 6. The Morgan fingerprint density at radius 3 is 2.76 bits per heavy atom. The Hall–Kier alpha value is -0.800. The second kappa shape index (κ2) is 5.77. The van der Waals surface area contributed by atoms with Gasteiger partial charge in [-0.2, -0.15) is 0 Å². The number of imidazole rings is 1. The number of aryl methyl sites for hydroxylation is 1. The average Bonchev–Trinajstić information content (AvgIpc) is 3.13. The Labute approximate surface area is 134 Å². The van der Waals surface area contributed by atoms with E-state index in [1.54, 1.807) is 6.07 Å². The van der Waals surface area contributed by atoms with E-state index in [4.69, 9.17) is 23.2 Å². The van der Waals surface area contributed by atoms with Crippen molar-refractivity contribution >= 4 is 34.2 Å². The van der Waals surface area contributed by atoms with Crippen LogP contribution in [0.1, 0.15) is 38.4 Å². The predicted octanol–water partition coefficient (Wildman–Crippen LogP) is 5.19. The number of nitrogens with zero attached hydrogens (tertiary/aromatic N) is 2. The summed E-state index contributed by atoms with van der Waals surface area (Å²) in [6.07, 6.45) is 5.62. The molecule has 3 rings (SSSR count). The zero-order valence-corrected chi connectivity index (χ0v) is 13.6. The van der Waals surface area contributed by atoms with Crippen molar-refractivity contribution in [2.24, 2.45) is 5.41 Å². The Morgan fingerprint density at radius 2 is 2.14 bits per heavy atom. The molecule has 0 aliphatic heterocycles. The molecule has 0 unspecified atom stereocenters. The lowest BCUT2D eigenvalue weighted by Crippen LogP contribution is -2.14. The molecule has 1 aromatic heterocycles. The highest BCUT2D eigenvalue weighted by molar-refractivity contribution is 6.31. The summed E-state index contributed by atoms with van der Waals surface area (Å²) in [7, 11) is 0. The number of benzene rings is 1.